The summed E-state index contributed by atoms with van der Waals surface area (Å²) in [5.41, 5.74) is 1.45. The normalized spacial score (nSPS) is 23.0. The minimum atomic E-state index is 0.309. The van der Waals surface area contributed by atoms with Gasteiger partial charge in [-0.1, -0.05) is 6.08 Å². The molecule has 64 valence electrons. The third-order valence-electron chi connectivity index (χ3n) is 2.32. The van der Waals surface area contributed by atoms with E-state index in [1.807, 2.05) is 0 Å². The van der Waals surface area contributed by atoms with E-state index in [-0.39, 0.29) is 0 Å². The molecule has 1 aliphatic heterocycles. The number of ether oxygens (including phenoxy) is 1. The van der Waals surface area contributed by atoms with E-state index >= 15 is 0 Å². The zero-order chi connectivity index (χ0) is 8.27. The minimum Gasteiger partial charge on any atom is -0.377 e. The molecule has 0 bridgehead atoms. The van der Waals surface area contributed by atoms with E-state index in [9.17, 15) is 0 Å². The van der Waals surface area contributed by atoms with Crippen molar-refractivity contribution in [3.63, 3.8) is 0 Å². The smallest absolute Gasteiger partial charge is 0.0754 e. The maximum absolute atomic E-state index is 5.24. The van der Waals surface area contributed by atoms with Gasteiger partial charge in [-0.25, -0.2) is 0 Å². The van der Waals surface area contributed by atoms with Crippen molar-refractivity contribution in [1.29, 1.82) is 0 Å². The van der Waals surface area contributed by atoms with Crippen molar-refractivity contribution in [2.45, 2.75) is 19.4 Å². The molecule has 11 heavy (non-hydrogen) atoms. The number of likely N-dealkylation sites (N-methyl/N-ethyl adjacent to an activating group) is 1. The number of hydrogen-bond acceptors (Lipinski definition) is 2. The predicted molar refractivity (Wildman–Crippen MR) is 46.7 cm³/mol. The van der Waals surface area contributed by atoms with Crippen molar-refractivity contribution in [2.24, 2.45) is 0 Å². The van der Waals surface area contributed by atoms with Crippen LogP contribution in [0.3, 0.4) is 0 Å². The number of rotatable bonds is 2. The van der Waals surface area contributed by atoms with Crippen LogP contribution in [0.25, 0.3) is 0 Å². The van der Waals surface area contributed by atoms with Crippen LogP contribution in [0.4, 0.5) is 0 Å². The second kappa shape index (κ2) is 3.88. The van der Waals surface area contributed by atoms with Gasteiger partial charge >= 0.3 is 0 Å². The van der Waals surface area contributed by atoms with E-state index in [1.54, 1.807) is 7.11 Å². The van der Waals surface area contributed by atoms with E-state index < -0.39 is 0 Å². The fourth-order valence-electron chi connectivity index (χ4n) is 1.31. The van der Waals surface area contributed by atoms with Crippen LogP contribution in [0, 0.1) is 0 Å². The van der Waals surface area contributed by atoms with Crippen LogP contribution < -0.4 is 0 Å². The van der Waals surface area contributed by atoms with Crippen molar-refractivity contribution >= 4 is 0 Å². The van der Waals surface area contributed by atoms with Crippen LogP contribution in [0.1, 0.15) is 13.3 Å². The van der Waals surface area contributed by atoms with Crippen LogP contribution >= 0.6 is 0 Å². The lowest BCUT2D eigenvalue weighted by atomic mass is 10.0. The van der Waals surface area contributed by atoms with E-state index in [0.717, 1.165) is 13.0 Å². The lowest BCUT2D eigenvalue weighted by Gasteiger charge is -2.24. The van der Waals surface area contributed by atoms with Crippen molar-refractivity contribution in [3.05, 3.63) is 11.6 Å². The first-order chi connectivity index (χ1) is 5.24. The average Bonchev–Trinajstić information content (AvgIpc) is 2.05. The summed E-state index contributed by atoms with van der Waals surface area (Å²) in [6, 6.07) is 0. The highest BCUT2D eigenvalue weighted by Gasteiger charge is 2.12. The predicted octanol–water partition coefficient (Wildman–Crippen LogP) is 1.28. The maximum Gasteiger partial charge on any atom is 0.0754 e. The van der Waals surface area contributed by atoms with Crippen LogP contribution in [-0.2, 0) is 4.74 Å². The third-order valence-corrected chi connectivity index (χ3v) is 2.32. The fraction of sp³-hybridized carbons (Fsp3) is 0.778. The summed E-state index contributed by atoms with van der Waals surface area (Å²) >= 11 is 0. The van der Waals surface area contributed by atoms with Gasteiger partial charge in [-0.2, -0.15) is 0 Å². The Hall–Kier alpha value is -0.340. The Kier molecular flexibility index (Phi) is 3.09. The van der Waals surface area contributed by atoms with E-state index in [2.05, 4.69) is 24.9 Å². The third kappa shape index (κ3) is 2.31. The van der Waals surface area contributed by atoms with Gasteiger partial charge in [0, 0.05) is 20.2 Å². The summed E-state index contributed by atoms with van der Waals surface area (Å²) in [5, 5.41) is 0. The second-order valence-corrected chi connectivity index (χ2v) is 3.17. The molecule has 0 spiro atoms. The average molecular weight is 155 g/mol. The Bertz CT molecular complexity index is 154. The van der Waals surface area contributed by atoms with Gasteiger partial charge in [0.05, 0.1) is 6.10 Å². The molecule has 0 aromatic carbocycles. The first kappa shape index (κ1) is 8.75. The molecule has 0 saturated heterocycles. The summed E-state index contributed by atoms with van der Waals surface area (Å²) in [4.78, 5) is 2.31. The Morgan fingerprint density at radius 3 is 2.82 bits per heavy atom. The zero-order valence-electron chi connectivity index (χ0n) is 7.63. The minimum absolute atomic E-state index is 0.309. The molecule has 1 rings (SSSR count). The Balaban J connectivity index is 2.47. The van der Waals surface area contributed by atoms with Crippen LogP contribution in [0.2, 0.25) is 0 Å². The molecule has 1 heterocycles. The van der Waals surface area contributed by atoms with Crippen molar-refractivity contribution in [3.8, 4) is 0 Å². The molecule has 1 atom stereocenters. The van der Waals surface area contributed by atoms with Gasteiger partial charge in [0.25, 0.3) is 0 Å². The summed E-state index contributed by atoms with van der Waals surface area (Å²) in [7, 11) is 3.91. The highest BCUT2D eigenvalue weighted by Crippen LogP contribution is 2.14. The molecule has 0 aromatic rings. The van der Waals surface area contributed by atoms with Crippen LogP contribution in [0.15, 0.2) is 11.6 Å². The van der Waals surface area contributed by atoms with Crippen molar-refractivity contribution in [2.75, 3.05) is 27.2 Å². The molecule has 0 fully saturated rings. The van der Waals surface area contributed by atoms with Gasteiger partial charge in [-0.05, 0) is 26.0 Å². The summed E-state index contributed by atoms with van der Waals surface area (Å²) in [6.07, 6.45) is 3.74. The Morgan fingerprint density at radius 1 is 1.64 bits per heavy atom. The van der Waals surface area contributed by atoms with Gasteiger partial charge in [0.15, 0.2) is 0 Å². The number of hydrogen-bond donors (Lipinski definition) is 0. The standard InChI is InChI=1S/C9H17NO/c1-8(11-3)9-4-6-10(2)7-5-9/h4,8H,5-7H2,1-3H3. The first-order valence-electron chi connectivity index (χ1n) is 4.14. The number of nitrogens with zero attached hydrogens (tertiary/aromatic N) is 1. The van der Waals surface area contributed by atoms with Gasteiger partial charge in [-0.15, -0.1) is 0 Å². The van der Waals surface area contributed by atoms with Gasteiger partial charge in [-0.3, -0.25) is 0 Å². The highest BCUT2D eigenvalue weighted by atomic mass is 16.5. The molecule has 0 N–H and O–H groups in total. The van der Waals surface area contributed by atoms with Crippen molar-refractivity contribution < 1.29 is 4.74 Å². The molecule has 0 radical (unpaired) electrons. The molecule has 2 nitrogen and oxygen atoms in total. The Morgan fingerprint density at radius 2 is 2.36 bits per heavy atom. The summed E-state index contributed by atoms with van der Waals surface area (Å²) in [5.74, 6) is 0. The molecule has 0 amide bonds. The molecule has 1 aliphatic rings. The molecule has 2 heteroatoms. The highest BCUT2D eigenvalue weighted by molar-refractivity contribution is 5.11. The Labute approximate surface area is 68.8 Å². The summed E-state index contributed by atoms with van der Waals surface area (Å²) < 4.78 is 5.24. The molecule has 1 unspecified atom stereocenters. The maximum atomic E-state index is 5.24. The van der Waals surface area contributed by atoms with Crippen LogP contribution in [-0.4, -0.2) is 38.3 Å². The largest absolute Gasteiger partial charge is 0.377 e. The topological polar surface area (TPSA) is 12.5 Å². The fourth-order valence-corrected chi connectivity index (χ4v) is 1.31. The van der Waals surface area contributed by atoms with Gasteiger partial charge in [0.1, 0.15) is 0 Å². The molecule has 0 aromatic heterocycles. The summed E-state index contributed by atoms with van der Waals surface area (Å²) in [6.45, 7) is 4.35. The van der Waals surface area contributed by atoms with Crippen molar-refractivity contribution in [1.82, 2.24) is 4.90 Å². The monoisotopic (exact) mass is 155 g/mol. The zero-order valence-corrected chi connectivity index (χ0v) is 7.63. The molecule has 0 aliphatic carbocycles. The number of methoxy groups -OCH3 is 1. The lowest BCUT2D eigenvalue weighted by molar-refractivity contribution is 0.139. The quantitative estimate of drug-likeness (QED) is 0.557. The first-order valence-corrected chi connectivity index (χ1v) is 4.14. The molecular formula is C9H17NO. The molecule has 0 saturated carbocycles. The lowest BCUT2D eigenvalue weighted by Crippen LogP contribution is -2.27. The van der Waals surface area contributed by atoms with Gasteiger partial charge in [0.2, 0.25) is 0 Å². The van der Waals surface area contributed by atoms with E-state index in [1.165, 1.54) is 12.1 Å². The molecular weight excluding hydrogens is 138 g/mol. The van der Waals surface area contributed by atoms with E-state index in [4.69, 9.17) is 4.74 Å². The van der Waals surface area contributed by atoms with E-state index in [0.29, 0.717) is 6.10 Å². The second-order valence-electron chi connectivity index (χ2n) is 3.17. The SMILES string of the molecule is COC(C)C1=CCN(C)CC1. The van der Waals surface area contributed by atoms with Gasteiger partial charge < -0.3 is 9.64 Å². The van der Waals surface area contributed by atoms with Crippen LogP contribution in [0.5, 0.6) is 0 Å².